The van der Waals surface area contributed by atoms with E-state index in [1.807, 2.05) is 11.8 Å². The summed E-state index contributed by atoms with van der Waals surface area (Å²) in [5.74, 6) is -0.753. The number of hydrogen-bond acceptors (Lipinski definition) is 4. The SMILES string of the molecule is CCC1(C(=O)O)CCCN1c1ccc(S(=O)(=O)CC)cc1. The summed E-state index contributed by atoms with van der Waals surface area (Å²) in [5.41, 5.74) is -0.0997. The van der Waals surface area contributed by atoms with Crippen LogP contribution in [-0.2, 0) is 14.6 Å². The second kappa shape index (κ2) is 5.67. The van der Waals surface area contributed by atoms with Crippen molar-refractivity contribution in [1.82, 2.24) is 0 Å². The Balaban J connectivity index is 2.37. The maximum absolute atomic E-state index is 11.8. The Labute approximate surface area is 125 Å². The molecule has 1 aliphatic heterocycles. The van der Waals surface area contributed by atoms with Gasteiger partial charge in [-0.1, -0.05) is 13.8 Å². The lowest BCUT2D eigenvalue weighted by atomic mass is 9.92. The lowest BCUT2D eigenvalue weighted by Gasteiger charge is -2.35. The average Bonchev–Trinajstić information content (AvgIpc) is 2.92. The van der Waals surface area contributed by atoms with Crippen molar-refractivity contribution in [3.8, 4) is 0 Å². The van der Waals surface area contributed by atoms with Gasteiger partial charge in [-0.2, -0.15) is 0 Å². The summed E-state index contributed by atoms with van der Waals surface area (Å²) in [6.45, 7) is 4.17. The Morgan fingerprint density at radius 1 is 1.29 bits per heavy atom. The van der Waals surface area contributed by atoms with Gasteiger partial charge in [-0.05, 0) is 43.5 Å². The Bertz CT molecular complexity index is 624. The molecule has 1 aromatic rings. The fourth-order valence-corrected chi connectivity index (χ4v) is 3.88. The van der Waals surface area contributed by atoms with Crippen LogP contribution < -0.4 is 4.90 Å². The van der Waals surface area contributed by atoms with Crippen molar-refractivity contribution < 1.29 is 18.3 Å². The quantitative estimate of drug-likeness (QED) is 0.903. The number of nitrogens with zero attached hydrogens (tertiary/aromatic N) is 1. The van der Waals surface area contributed by atoms with Crippen LogP contribution in [-0.4, -0.2) is 37.3 Å². The first-order valence-electron chi connectivity index (χ1n) is 7.21. The van der Waals surface area contributed by atoms with Crippen LogP contribution in [0.1, 0.15) is 33.1 Å². The van der Waals surface area contributed by atoms with Gasteiger partial charge in [0.15, 0.2) is 9.84 Å². The third-order valence-electron chi connectivity index (χ3n) is 4.36. The van der Waals surface area contributed by atoms with E-state index in [1.54, 1.807) is 31.2 Å². The number of carbonyl (C=O) groups is 1. The second-order valence-corrected chi connectivity index (χ2v) is 7.62. The van der Waals surface area contributed by atoms with E-state index in [4.69, 9.17) is 0 Å². The van der Waals surface area contributed by atoms with Crippen LogP contribution in [0, 0.1) is 0 Å². The van der Waals surface area contributed by atoms with Gasteiger partial charge >= 0.3 is 5.97 Å². The molecule has 0 radical (unpaired) electrons. The molecule has 1 fully saturated rings. The first kappa shape index (κ1) is 15.8. The molecule has 1 atom stereocenters. The summed E-state index contributed by atoms with van der Waals surface area (Å²) in [6, 6.07) is 6.55. The number of sulfone groups is 1. The normalized spacial score (nSPS) is 22.5. The fraction of sp³-hybridized carbons (Fsp3) is 0.533. The average molecular weight is 311 g/mol. The van der Waals surface area contributed by atoms with Crippen molar-refractivity contribution in [3.05, 3.63) is 24.3 Å². The van der Waals surface area contributed by atoms with Gasteiger partial charge in [0, 0.05) is 12.2 Å². The highest BCUT2D eigenvalue weighted by atomic mass is 32.2. The minimum Gasteiger partial charge on any atom is -0.479 e. The molecule has 1 aromatic carbocycles. The Kier molecular flexibility index (Phi) is 4.27. The van der Waals surface area contributed by atoms with E-state index in [9.17, 15) is 18.3 Å². The largest absolute Gasteiger partial charge is 0.479 e. The summed E-state index contributed by atoms with van der Waals surface area (Å²) < 4.78 is 23.6. The standard InChI is InChI=1S/C15H21NO4S/c1-3-15(14(17)18)10-5-11-16(15)12-6-8-13(9-7-12)21(19,20)4-2/h6-9H,3-5,10-11H2,1-2H3,(H,17,18). The minimum atomic E-state index is -3.22. The maximum atomic E-state index is 11.8. The Hall–Kier alpha value is -1.56. The number of carboxylic acids is 1. The van der Waals surface area contributed by atoms with Crippen molar-refractivity contribution >= 4 is 21.5 Å². The van der Waals surface area contributed by atoms with Gasteiger partial charge in [0.1, 0.15) is 5.54 Å². The first-order chi connectivity index (χ1) is 9.87. The number of hydrogen-bond donors (Lipinski definition) is 1. The number of anilines is 1. The van der Waals surface area contributed by atoms with Crippen molar-refractivity contribution in [2.75, 3.05) is 17.2 Å². The summed E-state index contributed by atoms with van der Waals surface area (Å²) in [4.78, 5) is 13.8. The molecule has 0 aromatic heterocycles. The highest BCUT2D eigenvalue weighted by Gasteiger charge is 2.46. The van der Waals surface area contributed by atoms with Gasteiger partial charge in [0.25, 0.3) is 0 Å². The monoisotopic (exact) mass is 311 g/mol. The second-order valence-electron chi connectivity index (χ2n) is 5.34. The van der Waals surface area contributed by atoms with E-state index in [2.05, 4.69) is 0 Å². The van der Waals surface area contributed by atoms with E-state index < -0.39 is 21.3 Å². The fourth-order valence-electron chi connectivity index (χ4n) is 3.00. The van der Waals surface area contributed by atoms with Crippen LogP contribution in [0.3, 0.4) is 0 Å². The molecule has 0 saturated carbocycles. The van der Waals surface area contributed by atoms with E-state index in [0.717, 1.165) is 12.1 Å². The van der Waals surface area contributed by atoms with Crippen molar-refractivity contribution in [1.29, 1.82) is 0 Å². The molecule has 1 heterocycles. The molecule has 1 N–H and O–H groups in total. The summed E-state index contributed by atoms with van der Waals surface area (Å²) >= 11 is 0. The van der Waals surface area contributed by atoms with Gasteiger partial charge in [0.05, 0.1) is 10.6 Å². The molecular weight excluding hydrogens is 290 g/mol. The van der Waals surface area contributed by atoms with Crippen LogP contribution in [0.15, 0.2) is 29.2 Å². The molecule has 0 bridgehead atoms. The highest BCUT2D eigenvalue weighted by Crippen LogP contribution is 2.37. The summed E-state index contributed by atoms with van der Waals surface area (Å²) in [5, 5.41) is 9.58. The highest BCUT2D eigenvalue weighted by molar-refractivity contribution is 7.91. The number of benzene rings is 1. The van der Waals surface area contributed by atoms with E-state index in [1.165, 1.54) is 0 Å². The first-order valence-corrected chi connectivity index (χ1v) is 8.86. The van der Waals surface area contributed by atoms with Gasteiger partial charge in [-0.25, -0.2) is 13.2 Å². The Morgan fingerprint density at radius 2 is 1.90 bits per heavy atom. The van der Waals surface area contributed by atoms with Crippen LogP contribution in [0.5, 0.6) is 0 Å². The van der Waals surface area contributed by atoms with Gasteiger partial charge in [-0.15, -0.1) is 0 Å². The predicted octanol–water partition coefficient (Wildman–Crippen LogP) is 2.31. The summed E-state index contributed by atoms with van der Waals surface area (Å²) in [6.07, 6.45) is 1.97. The topological polar surface area (TPSA) is 74.7 Å². The smallest absolute Gasteiger partial charge is 0.329 e. The molecule has 1 saturated heterocycles. The molecule has 5 nitrogen and oxygen atoms in total. The molecule has 6 heteroatoms. The molecule has 2 rings (SSSR count). The number of rotatable bonds is 5. The van der Waals surface area contributed by atoms with Crippen molar-refractivity contribution in [2.24, 2.45) is 0 Å². The van der Waals surface area contributed by atoms with E-state index in [0.29, 0.717) is 19.4 Å². The molecule has 0 spiro atoms. The zero-order chi connectivity index (χ0) is 15.7. The van der Waals surface area contributed by atoms with Crippen LogP contribution in [0.2, 0.25) is 0 Å². The van der Waals surface area contributed by atoms with Crippen molar-refractivity contribution in [2.45, 2.75) is 43.5 Å². The summed E-state index contributed by atoms with van der Waals surface area (Å²) in [7, 11) is -3.22. The lowest BCUT2D eigenvalue weighted by Crippen LogP contribution is -2.50. The molecule has 1 unspecified atom stereocenters. The lowest BCUT2D eigenvalue weighted by molar-refractivity contribution is -0.143. The van der Waals surface area contributed by atoms with Gasteiger partial charge in [-0.3, -0.25) is 0 Å². The van der Waals surface area contributed by atoms with Crippen LogP contribution in [0.25, 0.3) is 0 Å². The molecule has 1 aliphatic rings. The third-order valence-corrected chi connectivity index (χ3v) is 6.11. The Morgan fingerprint density at radius 3 is 2.38 bits per heavy atom. The van der Waals surface area contributed by atoms with E-state index in [-0.39, 0.29) is 10.6 Å². The molecule has 116 valence electrons. The molecule has 0 aliphatic carbocycles. The number of carboxylic acid groups (broad SMARTS) is 1. The number of aliphatic carboxylic acids is 1. The minimum absolute atomic E-state index is 0.0596. The third kappa shape index (κ3) is 2.64. The molecule has 0 amide bonds. The zero-order valence-corrected chi connectivity index (χ0v) is 13.2. The van der Waals surface area contributed by atoms with E-state index >= 15 is 0 Å². The predicted molar refractivity (Wildman–Crippen MR) is 81.4 cm³/mol. The maximum Gasteiger partial charge on any atom is 0.329 e. The molecule has 21 heavy (non-hydrogen) atoms. The van der Waals surface area contributed by atoms with Gasteiger partial charge < -0.3 is 10.0 Å². The zero-order valence-electron chi connectivity index (χ0n) is 12.4. The van der Waals surface area contributed by atoms with Crippen molar-refractivity contribution in [3.63, 3.8) is 0 Å². The van der Waals surface area contributed by atoms with Crippen LogP contribution >= 0.6 is 0 Å². The molecular formula is C15H21NO4S. The van der Waals surface area contributed by atoms with Gasteiger partial charge in [0.2, 0.25) is 0 Å². The van der Waals surface area contributed by atoms with Crippen LogP contribution in [0.4, 0.5) is 5.69 Å².